The smallest absolute Gasteiger partial charge is 0.137 e. The number of hydrogen-bond acceptors (Lipinski definition) is 2. The highest BCUT2D eigenvalue weighted by atomic mass is 35.5. The van der Waals surface area contributed by atoms with Crippen LogP contribution in [0.5, 0.6) is 5.75 Å². The third-order valence-corrected chi connectivity index (χ3v) is 3.61. The molecule has 0 N–H and O–H groups in total. The Labute approximate surface area is 122 Å². The van der Waals surface area contributed by atoms with Crippen molar-refractivity contribution >= 4 is 17.2 Å². The highest BCUT2D eigenvalue weighted by molar-refractivity contribution is 6.17. The molecule has 102 valence electrons. The number of fused-ring (bicyclic) bond motifs is 1. The number of aromatic nitrogens is 2. The summed E-state index contributed by atoms with van der Waals surface area (Å²) in [6, 6.07) is 11.9. The number of para-hydroxylation sites is 1. The highest BCUT2D eigenvalue weighted by Gasteiger charge is 2.16. The Balaban J connectivity index is 2.30. The van der Waals surface area contributed by atoms with E-state index in [0.717, 1.165) is 28.3 Å². The molecular formula is C16H15ClN2O. The lowest BCUT2D eigenvalue weighted by molar-refractivity contribution is 0.416. The van der Waals surface area contributed by atoms with Gasteiger partial charge in [0.25, 0.3) is 0 Å². The summed E-state index contributed by atoms with van der Waals surface area (Å²) in [5.74, 6) is 1.21. The normalized spacial score (nSPS) is 10.9. The summed E-state index contributed by atoms with van der Waals surface area (Å²) in [5.41, 5.74) is 4.89. The van der Waals surface area contributed by atoms with Crippen molar-refractivity contribution in [2.24, 2.45) is 0 Å². The van der Waals surface area contributed by atoms with E-state index in [1.54, 1.807) is 7.11 Å². The number of benzene rings is 1. The number of rotatable bonds is 3. The van der Waals surface area contributed by atoms with Crippen LogP contribution in [-0.4, -0.2) is 16.5 Å². The minimum absolute atomic E-state index is 0.401. The van der Waals surface area contributed by atoms with Crippen LogP contribution in [0.4, 0.5) is 0 Å². The fourth-order valence-electron chi connectivity index (χ4n) is 2.38. The van der Waals surface area contributed by atoms with E-state index in [1.165, 1.54) is 5.56 Å². The average Bonchev–Trinajstić information content (AvgIpc) is 2.84. The maximum Gasteiger partial charge on any atom is 0.137 e. The first-order chi connectivity index (χ1) is 9.74. The van der Waals surface area contributed by atoms with Crippen molar-refractivity contribution in [2.75, 3.05) is 7.11 Å². The number of ether oxygens (including phenoxy) is 1. The average molecular weight is 287 g/mol. The molecule has 3 nitrogen and oxygen atoms in total. The van der Waals surface area contributed by atoms with Gasteiger partial charge in [-0.3, -0.25) is 0 Å². The number of nitrogens with zero attached hydrogens (tertiary/aromatic N) is 2. The molecule has 0 radical (unpaired) electrons. The van der Waals surface area contributed by atoms with E-state index < -0.39 is 0 Å². The molecule has 0 aliphatic carbocycles. The van der Waals surface area contributed by atoms with Crippen molar-refractivity contribution in [3.05, 3.63) is 53.9 Å². The second kappa shape index (κ2) is 5.17. The molecule has 2 heterocycles. The number of imidazole rings is 1. The fourth-order valence-corrected chi connectivity index (χ4v) is 2.64. The second-order valence-corrected chi connectivity index (χ2v) is 4.94. The molecule has 0 saturated carbocycles. The van der Waals surface area contributed by atoms with Gasteiger partial charge in [0, 0.05) is 11.8 Å². The SMILES string of the molecule is COc1ccccc1-c1nc2ccc(C)cn2c1CCl. The topological polar surface area (TPSA) is 26.5 Å². The van der Waals surface area contributed by atoms with E-state index in [9.17, 15) is 0 Å². The predicted molar refractivity (Wildman–Crippen MR) is 81.5 cm³/mol. The molecule has 3 rings (SSSR count). The molecule has 4 heteroatoms. The number of alkyl halides is 1. The van der Waals surface area contributed by atoms with Gasteiger partial charge in [0.2, 0.25) is 0 Å². The van der Waals surface area contributed by atoms with Gasteiger partial charge < -0.3 is 9.14 Å². The largest absolute Gasteiger partial charge is 0.496 e. The Kier molecular flexibility index (Phi) is 3.36. The molecule has 0 atom stereocenters. The summed E-state index contributed by atoms with van der Waals surface area (Å²) in [4.78, 5) is 4.70. The van der Waals surface area contributed by atoms with Crippen LogP contribution in [0, 0.1) is 6.92 Å². The molecule has 3 aromatic rings. The van der Waals surface area contributed by atoms with Crippen LogP contribution < -0.4 is 4.74 Å². The first kappa shape index (κ1) is 13.0. The molecule has 0 aliphatic rings. The van der Waals surface area contributed by atoms with Crippen molar-refractivity contribution in [3.63, 3.8) is 0 Å². The van der Waals surface area contributed by atoms with Crippen LogP contribution in [0.3, 0.4) is 0 Å². The maximum atomic E-state index is 6.15. The first-order valence-corrected chi connectivity index (χ1v) is 6.95. The Bertz CT molecular complexity index is 764. The van der Waals surface area contributed by atoms with Crippen molar-refractivity contribution < 1.29 is 4.74 Å². The van der Waals surface area contributed by atoms with Crippen molar-refractivity contribution in [3.8, 4) is 17.0 Å². The summed E-state index contributed by atoms with van der Waals surface area (Å²) in [7, 11) is 1.67. The maximum absolute atomic E-state index is 6.15. The molecular weight excluding hydrogens is 272 g/mol. The molecule has 0 aliphatic heterocycles. The molecule has 0 saturated heterocycles. The van der Waals surface area contributed by atoms with E-state index >= 15 is 0 Å². The Morgan fingerprint density at radius 1 is 1.20 bits per heavy atom. The second-order valence-electron chi connectivity index (χ2n) is 4.68. The molecule has 0 fully saturated rings. The van der Waals surface area contributed by atoms with Crippen molar-refractivity contribution in [1.29, 1.82) is 0 Å². The zero-order chi connectivity index (χ0) is 14.1. The van der Waals surface area contributed by atoms with Crippen LogP contribution >= 0.6 is 11.6 Å². The van der Waals surface area contributed by atoms with Crippen LogP contribution in [0.1, 0.15) is 11.3 Å². The molecule has 20 heavy (non-hydrogen) atoms. The van der Waals surface area contributed by atoms with Gasteiger partial charge in [0.1, 0.15) is 11.4 Å². The van der Waals surface area contributed by atoms with Crippen molar-refractivity contribution in [2.45, 2.75) is 12.8 Å². The van der Waals surface area contributed by atoms with Crippen LogP contribution in [0.2, 0.25) is 0 Å². The van der Waals surface area contributed by atoms with Gasteiger partial charge in [-0.2, -0.15) is 0 Å². The van der Waals surface area contributed by atoms with Gasteiger partial charge in [-0.05, 0) is 30.7 Å². The molecule has 0 bridgehead atoms. The Hall–Kier alpha value is -2.00. The highest BCUT2D eigenvalue weighted by Crippen LogP contribution is 2.32. The predicted octanol–water partition coefficient (Wildman–Crippen LogP) is 4.06. The standard InChI is InChI=1S/C16H15ClN2O/c1-11-7-8-15-18-16(13(9-17)19(15)10-11)12-5-3-4-6-14(12)20-2/h3-8,10H,9H2,1-2H3. The van der Waals surface area contributed by atoms with E-state index in [1.807, 2.05) is 40.8 Å². The summed E-state index contributed by atoms with van der Waals surface area (Å²) in [6.45, 7) is 2.06. The summed E-state index contributed by atoms with van der Waals surface area (Å²) >= 11 is 6.15. The molecule has 0 spiro atoms. The Morgan fingerprint density at radius 2 is 2.00 bits per heavy atom. The van der Waals surface area contributed by atoms with E-state index in [4.69, 9.17) is 21.3 Å². The zero-order valence-corrected chi connectivity index (χ0v) is 12.2. The number of halogens is 1. The fraction of sp³-hybridized carbons (Fsp3) is 0.188. The van der Waals surface area contributed by atoms with Crippen LogP contribution in [0.25, 0.3) is 16.9 Å². The van der Waals surface area contributed by atoms with Crippen molar-refractivity contribution in [1.82, 2.24) is 9.38 Å². The van der Waals surface area contributed by atoms with Gasteiger partial charge in [0.15, 0.2) is 0 Å². The quantitative estimate of drug-likeness (QED) is 0.679. The number of hydrogen-bond donors (Lipinski definition) is 0. The van der Waals surface area contributed by atoms with Gasteiger partial charge in [-0.1, -0.05) is 18.2 Å². The third-order valence-electron chi connectivity index (χ3n) is 3.35. The van der Waals surface area contributed by atoms with E-state index in [-0.39, 0.29) is 0 Å². The van der Waals surface area contributed by atoms with Gasteiger partial charge in [-0.15, -0.1) is 11.6 Å². The van der Waals surface area contributed by atoms with Gasteiger partial charge in [0.05, 0.1) is 24.4 Å². The van der Waals surface area contributed by atoms with Crippen LogP contribution in [-0.2, 0) is 5.88 Å². The minimum Gasteiger partial charge on any atom is -0.496 e. The lowest BCUT2D eigenvalue weighted by Gasteiger charge is -2.07. The summed E-state index contributed by atoms with van der Waals surface area (Å²) in [5, 5.41) is 0. The van der Waals surface area contributed by atoms with Crippen LogP contribution in [0.15, 0.2) is 42.6 Å². The first-order valence-electron chi connectivity index (χ1n) is 6.41. The third kappa shape index (κ3) is 2.04. The molecule has 0 unspecified atom stereocenters. The molecule has 1 aromatic carbocycles. The summed E-state index contributed by atoms with van der Waals surface area (Å²) in [6.07, 6.45) is 2.05. The van der Waals surface area contributed by atoms with Gasteiger partial charge in [-0.25, -0.2) is 4.98 Å². The molecule has 2 aromatic heterocycles. The Morgan fingerprint density at radius 3 is 2.75 bits per heavy atom. The van der Waals surface area contributed by atoms with E-state index in [2.05, 4.69) is 13.1 Å². The zero-order valence-electron chi connectivity index (χ0n) is 11.4. The number of methoxy groups -OCH3 is 1. The number of aryl methyl sites for hydroxylation is 1. The van der Waals surface area contributed by atoms with Gasteiger partial charge >= 0.3 is 0 Å². The summed E-state index contributed by atoms with van der Waals surface area (Å²) < 4.78 is 7.47. The molecule has 0 amide bonds. The monoisotopic (exact) mass is 286 g/mol. The lowest BCUT2D eigenvalue weighted by atomic mass is 10.1. The van der Waals surface area contributed by atoms with E-state index in [0.29, 0.717) is 5.88 Å². The number of pyridine rings is 1. The minimum atomic E-state index is 0.401. The lowest BCUT2D eigenvalue weighted by Crippen LogP contribution is -1.93.